The standard InChI is InChI=1S/C12H19BrN2O2/c1-5-8-9(13)10(16)15-11(14-8)12(4,6-2)17-7-3/h5-7H2,1-4H3,(H,14,15,16). The lowest BCUT2D eigenvalue weighted by Gasteiger charge is -2.27. The largest absolute Gasteiger partial charge is 0.368 e. The van der Waals surface area contributed by atoms with Crippen LogP contribution in [-0.4, -0.2) is 16.6 Å². The Morgan fingerprint density at radius 3 is 2.53 bits per heavy atom. The van der Waals surface area contributed by atoms with E-state index in [9.17, 15) is 4.79 Å². The van der Waals surface area contributed by atoms with Gasteiger partial charge < -0.3 is 9.72 Å². The molecule has 0 radical (unpaired) electrons. The lowest BCUT2D eigenvalue weighted by atomic mass is 10.0. The van der Waals surface area contributed by atoms with E-state index in [1.165, 1.54) is 0 Å². The molecule has 1 rings (SSSR count). The van der Waals surface area contributed by atoms with Crippen LogP contribution >= 0.6 is 15.9 Å². The zero-order valence-corrected chi connectivity index (χ0v) is 12.3. The minimum absolute atomic E-state index is 0.147. The Kier molecular flexibility index (Phi) is 4.89. The van der Waals surface area contributed by atoms with Gasteiger partial charge in [0.15, 0.2) is 0 Å². The van der Waals surface area contributed by atoms with Crippen molar-refractivity contribution in [1.82, 2.24) is 9.97 Å². The number of rotatable bonds is 5. The first-order valence-corrected chi connectivity index (χ1v) is 6.70. The molecule has 1 N–H and O–H groups in total. The molecule has 0 saturated heterocycles. The van der Waals surface area contributed by atoms with Gasteiger partial charge in [-0.05, 0) is 42.6 Å². The lowest BCUT2D eigenvalue weighted by molar-refractivity contribution is -0.0393. The fourth-order valence-electron chi connectivity index (χ4n) is 1.65. The number of aryl methyl sites for hydroxylation is 1. The maximum Gasteiger partial charge on any atom is 0.265 e. The molecule has 0 saturated carbocycles. The van der Waals surface area contributed by atoms with E-state index in [4.69, 9.17) is 4.74 Å². The van der Waals surface area contributed by atoms with Crippen molar-refractivity contribution >= 4 is 15.9 Å². The highest BCUT2D eigenvalue weighted by Gasteiger charge is 2.28. The molecule has 4 nitrogen and oxygen atoms in total. The average Bonchev–Trinajstić information content (AvgIpc) is 2.32. The van der Waals surface area contributed by atoms with Crippen molar-refractivity contribution in [2.24, 2.45) is 0 Å². The van der Waals surface area contributed by atoms with Crippen LogP contribution in [0.15, 0.2) is 9.27 Å². The summed E-state index contributed by atoms with van der Waals surface area (Å²) in [5, 5.41) is 0. The first-order chi connectivity index (χ1) is 7.98. The van der Waals surface area contributed by atoms with Gasteiger partial charge in [0.25, 0.3) is 5.56 Å². The van der Waals surface area contributed by atoms with E-state index in [1.54, 1.807) is 0 Å². The number of nitrogens with one attached hydrogen (secondary N) is 1. The molecule has 5 heteroatoms. The highest BCUT2D eigenvalue weighted by molar-refractivity contribution is 9.10. The van der Waals surface area contributed by atoms with Crippen LogP contribution in [0.3, 0.4) is 0 Å². The number of halogens is 1. The maximum absolute atomic E-state index is 11.8. The second kappa shape index (κ2) is 5.78. The molecule has 0 aliphatic rings. The van der Waals surface area contributed by atoms with Gasteiger partial charge in [-0.15, -0.1) is 0 Å². The highest BCUT2D eigenvalue weighted by Crippen LogP contribution is 2.26. The monoisotopic (exact) mass is 302 g/mol. The quantitative estimate of drug-likeness (QED) is 0.910. The third kappa shape index (κ3) is 2.96. The van der Waals surface area contributed by atoms with Crippen LogP contribution < -0.4 is 5.56 Å². The van der Waals surface area contributed by atoms with Crippen LogP contribution in [0.25, 0.3) is 0 Å². The minimum atomic E-state index is -0.529. The first kappa shape index (κ1) is 14.4. The van der Waals surface area contributed by atoms with Gasteiger partial charge in [0, 0.05) is 6.61 Å². The molecule has 17 heavy (non-hydrogen) atoms. The maximum atomic E-state index is 11.8. The summed E-state index contributed by atoms with van der Waals surface area (Å²) in [7, 11) is 0. The molecule has 0 fully saturated rings. The number of aromatic amines is 1. The molecule has 1 aromatic heterocycles. The van der Waals surface area contributed by atoms with Gasteiger partial charge in [0.1, 0.15) is 15.9 Å². The minimum Gasteiger partial charge on any atom is -0.368 e. The van der Waals surface area contributed by atoms with Crippen molar-refractivity contribution in [3.05, 3.63) is 26.3 Å². The van der Waals surface area contributed by atoms with E-state index < -0.39 is 5.60 Å². The third-order valence-electron chi connectivity index (χ3n) is 2.90. The van der Waals surface area contributed by atoms with Crippen molar-refractivity contribution < 1.29 is 4.74 Å². The fraction of sp³-hybridized carbons (Fsp3) is 0.667. The average molecular weight is 303 g/mol. The Hall–Kier alpha value is -0.680. The van der Waals surface area contributed by atoms with E-state index in [2.05, 4.69) is 25.9 Å². The van der Waals surface area contributed by atoms with Crippen molar-refractivity contribution in [3.8, 4) is 0 Å². The highest BCUT2D eigenvalue weighted by atomic mass is 79.9. The van der Waals surface area contributed by atoms with Gasteiger partial charge in [-0.3, -0.25) is 4.79 Å². The molecule has 0 aliphatic heterocycles. The predicted molar refractivity (Wildman–Crippen MR) is 71.2 cm³/mol. The van der Waals surface area contributed by atoms with Crippen LogP contribution in [-0.2, 0) is 16.8 Å². The van der Waals surface area contributed by atoms with E-state index in [-0.39, 0.29) is 5.56 Å². The molecular weight excluding hydrogens is 284 g/mol. The number of hydrogen-bond acceptors (Lipinski definition) is 3. The Bertz CT molecular complexity index is 445. The van der Waals surface area contributed by atoms with E-state index >= 15 is 0 Å². The lowest BCUT2D eigenvalue weighted by Crippen LogP contribution is -2.31. The third-order valence-corrected chi connectivity index (χ3v) is 3.72. The van der Waals surface area contributed by atoms with Crippen LogP contribution in [0, 0.1) is 0 Å². The number of H-pyrrole nitrogens is 1. The summed E-state index contributed by atoms with van der Waals surface area (Å²) in [6.07, 6.45) is 1.47. The SMILES string of the molecule is CCOC(C)(CC)c1nc(CC)c(Br)c(=O)[nH]1. The van der Waals surface area contributed by atoms with Crippen LogP contribution in [0.1, 0.15) is 45.6 Å². The fourth-order valence-corrected chi connectivity index (χ4v) is 2.11. The molecule has 96 valence electrons. The van der Waals surface area contributed by atoms with E-state index in [0.29, 0.717) is 23.3 Å². The molecule has 0 aliphatic carbocycles. The Morgan fingerprint density at radius 1 is 1.41 bits per heavy atom. The molecule has 1 atom stereocenters. The molecule has 0 amide bonds. The van der Waals surface area contributed by atoms with E-state index in [1.807, 2.05) is 27.7 Å². The second-order valence-corrected chi connectivity index (χ2v) is 4.84. The molecular formula is C12H19BrN2O2. The second-order valence-electron chi connectivity index (χ2n) is 4.05. The van der Waals surface area contributed by atoms with Crippen LogP contribution in [0.5, 0.6) is 0 Å². The van der Waals surface area contributed by atoms with E-state index in [0.717, 1.165) is 12.1 Å². The first-order valence-electron chi connectivity index (χ1n) is 5.91. The molecule has 0 bridgehead atoms. The topological polar surface area (TPSA) is 55.0 Å². The number of ether oxygens (including phenoxy) is 1. The summed E-state index contributed by atoms with van der Waals surface area (Å²) >= 11 is 3.26. The summed E-state index contributed by atoms with van der Waals surface area (Å²) in [6, 6.07) is 0. The van der Waals surface area contributed by atoms with Crippen molar-refractivity contribution in [3.63, 3.8) is 0 Å². The summed E-state index contributed by atoms with van der Waals surface area (Å²) < 4.78 is 6.22. The van der Waals surface area contributed by atoms with Crippen LogP contribution in [0.2, 0.25) is 0 Å². The van der Waals surface area contributed by atoms with Crippen molar-refractivity contribution in [1.29, 1.82) is 0 Å². The molecule has 1 heterocycles. The number of nitrogens with zero attached hydrogens (tertiary/aromatic N) is 1. The Balaban J connectivity index is 3.31. The smallest absolute Gasteiger partial charge is 0.265 e. The van der Waals surface area contributed by atoms with Gasteiger partial charge in [0.05, 0.1) is 5.69 Å². The predicted octanol–water partition coefficient (Wildman–Crippen LogP) is 2.76. The summed E-state index contributed by atoms with van der Waals surface area (Å²) in [4.78, 5) is 19.1. The molecule has 0 spiro atoms. The van der Waals surface area contributed by atoms with Gasteiger partial charge in [0.2, 0.25) is 0 Å². The molecule has 1 aromatic rings. The summed E-state index contributed by atoms with van der Waals surface area (Å²) in [5.41, 5.74) is 0.0905. The zero-order valence-electron chi connectivity index (χ0n) is 10.8. The zero-order chi connectivity index (χ0) is 13.1. The summed E-state index contributed by atoms with van der Waals surface area (Å²) in [5.74, 6) is 0.604. The van der Waals surface area contributed by atoms with Gasteiger partial charge in [-0.25, -0.2) is 4.98 Å². The van der Waals surface area contributed by atoms with Crippen molar-refractivity contribution in [2.45, 2.75) is 46.1 Å². The Morgan fingerprint density at radius 2 is 2.06 bits per heavy atom. The normalized spacial score (nSPS) is 14.6. The number of aromatic nitrogens is 2. The van der Waals surface area contributed by atoms with Crippen molar-refractivity contribution in [2.75, 3.05) is 6.61 Å². The van der Waals surface area contributed by atoms with Crippen LogP contribution in [0.4, 0.5) is 0 Å². The van der Waals surface area contributed by atoms with Gasteiger partial charge in [-0.1, -0.05) is 13.8 Å². The van der Waals surface area contributed by atoms with Gasteiger partial charge >= 0.3 is 0 Å². The Labute approximate surface area is 110 Å². The molecule has 1 unspecified atom stereocenters. The number of hydrogen-bond donors (Lipinski definition) is 1. The van der Waals surface area contributed by atoms with Gasteiger partial charge in [-0.2, -0.15) is 0 Å². The summed E-state index contributed by atoms with van der Waals surface area (Å²) in [6.45, 7) is 8.46. The molecule has 0 aromatic carbocycles.